The molecule has 13 heteroatoms. The number of carbonyl (C=O) groups is 1. The molecule has 1 amide bonds. The maximum Gasteiger partial charge on any atom is 0.339 e. The predicted molar refractivity (Wildman–Crippen MR) is 127 cm³/mol. The summed E-state index contributed by atoms with van der Waals surface area (Å²) >= 11 is 15.0. The van der Waals surface area contributed by atoms with Crippen LogP contribution in [-0.4, -0.2) is 25.5 Å². The molecule has 1 N–H and O–H groups in total. The molecule has 0 atom stereocenters. The lowest BCUT2D eigenvalue weighted by Crippen LogP contribution is -2.17. The number of nitro groups is 1. The Balaban J connectivity index is 1.83. The summed E-state index contributed by atoms with van der Waals surface area (Å²) in [7, 11) is -4.39. The molecule has 0 aromatic heterocycles. The smallest absolute Gasteiger partial charge is 0.339 e. The molecule has 0 unspecified atom stereocenters. The van der Waals surface area contributed by atoms with Gasteiger partial charge in [-0.05, 0) is 42.5 Å². The number of hydrazone groups is 1. The van der Waals surface area contributed by atoms with Crippen LogP contribution in [0.15, 0.2) is 75.1 Å². The van der Waals surface area contributed by atoms with Crippen LogP contribution in [-0.2, 0) is 10.1 Å². The summed E-state index contributed by atoms with van der Waals surface area (Å²) in [6, 6.07) is 13.1. The Morgan fingerprint density at radius 3 is 2.55 bits per heavy atom. The zero-order valence-electron chi connectivity index (χ0n) is 16.2. The molecule has 0 saturated carbocycles. The third-order valence-corrected chi connectivity index (χ3v) is 6.50. The van der Waals surface area contributed by atoms with Gasteiger partial charge < -0.3 is 4.18 Å². The molecule has 0 aliphatic carbocycles. The van der Waals surface area contributed by atoms with E-state index in [1.165, 1.54) is 54.7 Å². The molecule has 9 nitrogen and oxygen atoms in total. The van der Waals surface area contributed by atoms with Gasteiger partial charge in [0.25, 0.3) is 11.6 Å². The first-order chi connectivity index (χ1) is 15.6. The van der Waals surface area contributed by atoms with Crippen molar-refractivity contribution in [3.63, 3.8) is 0 Å². The van der Waals surface area contributed by atoms with Gasteiger partial charge in [0.15, 0.2) is 5.75 Å². The number of amides is 1. The van der Waals surface area contributed by atoms with Gasteiger partial charge in [-0.3, -0.25) is 14.9 Å². The van der Waals surface area contributed by atoms with Gasteiger partial charge in [-0.25, -0.2) is 5.43 Å². The Labute approximate surface area is 206 Å². The molecule has 0 bridgehead atoms. The first-order valence-corrected chi connectivity index (χ1v) is 11.8. The number of rotatable bonds is 7. The first kappa shape index (κ1) is 24.6. The zero-order chi connectivity index (χ0) is 24.2. The minimum Gasteiger partial charge on any atom is -0.378 e. The van der Waals surface area contributed by atoms with Crippen LogP contribution in [0.3, 0.4) is 0 Å². The fraction of sp³-hybridized carbons (Fsp3) is 0. The minimum absolute atomic E-state index is 0.114. The van der Waals surface area contributed by atoms with Gasteiger partial charge in [-0.2, -0.15) is 13.5 Å². The van der Waals surface area contributed by atoms with Crippen molar-refractivity contribution >= 4 is 67.1 Å². The molecule has 170 valence electrons. The van der Waals surface area contributed by atoms with Gasteiger partial charge in [0, 0.05) is 27.7 Å². The van der Waals surface area contributed by atoms with E-state index < -0.39 is 31.5 Å². The van der Waals surface area contributed by atoms with Crippen molar-refractivity contribution in [2.45, 2.75) is 4.90 Å². The highest BCUT2D eigenvalue weighted by Crippen LogP contribution is 2.27. The van der Waals surface area contributed by atoms with Crippen molar-refractivity contribution < 1.29 is 22.3 Å². The molecule has 0 spiro atoms. The van der Waals surface area contributed by atoms with Crippen molar-refractivity contribution in [3.8, 4) is 5.75 Å². The molecular weight excluding hydrogens is 561 g/mol. The van der Waals surface area contributed by atoms with E-state index in [2.05, 4.69) is 26.5 Å². The quantitative estimate of drug-likeness (QED) is 0.179. The lowest BCUT2D eigenvalue weighted by molar-refractivity contribution is -0.385. The number of nitrogens with zero attached hydrogens (tertiary/aromatic N) is 2. The Hall–Kier alpha value is -2.99. The van der Waals surface area contributed by atoms with E-state index in [9.17, 15) is 23.3 Å². The molecule has 0 heterocycles. The van der Waals surface area contributed by atoms with Crippen molar-refractivity contribution in [1.29, 1.82) is 0 Å². The zero-order valence-corrected chi connectivity index (χ0v) is 20.2. The fourth-order valence-corrected chi connectivity index (χ4v) is 4.15. The second-order valence-electron chi connectivity index (χ2n) is 6.30. The summed E-state index contributed by atoms with van der Waals surface area (Å²) in [6.45, 7) is 0. The second-order valence-corrected chi connectivity index (χ2v) is 9.58. The number of nitrogens with one attached hydrogen (secondary N) is 1. The van der Waals surface area contributed by atoms with Crippen molar-refractivity contribution in [2.75, 3.05) is 0 Å². The van der Waals surface area contributed by atoms with E-state index in [-0.39, 0.29) is 26.9 Å². The molecule has 33 heavy (non-hydrogen) atoms. The van der Waals surface area contributed by atoms with Crippen LogP contribution in [0, 0.1) is 10.1 Å². The van der Waals surface area contributed by atoms with E-state index in [1.807, 2.05) is 0 Å². The summed E-state index contributed by atoms with van der Waals surface area (Å²) < 4.78 is 31.0. The van der Waals surface area contributed by atoms with E-state index in [4.69, 9.17) is 27.4 Å². The molecule has 0 radical (unpaired) electrons. The van der Waals surface area contributed by atoms with Gasteiger partial charge in [0.1, 0.15) is 4.90 Å². The van der Waals surface area contributed by atoms with Crippen LogP contribution >= 0.6 is 39.1 Å². The van der Waals surface area contributed by atoms with Crippen molar-refractivity contribution in [2.24, 2.45) is 5.10 Å². The van der Waals surface area contributed by atoms with Crippen LogP contribution < -0.4 is 9.61 Å². The number of benzene rings is 3. The van der Waals surface area contributed by atoms with Gasteiger partial charge >= 0.3 is 10.1 Å². The normalized spacial score (nSPS) is 11.4. The number of nitro benzene ring substituents is 1. The minimum atomic E-state index is -4.39. The van der Waals surface area contributed by atoms with E-state index in [0.29, 0.717) is 4.47 Å². The molecule has 3 aromatic carbocycles. The lowest BCUT2D eigenvalue weighted by atomic mass is 10.2. The summed E-state index contributed by atoms with van der Waals surface area (Å²) in [5.74, 6) is -0.691. The lowest BCUT2D eigenvalue weighted by Gasteiger charge is -2.10. The number of carbonyl (C=O) groups excluding carboxylic acids is 1. The summed E-state index contributed by atoms with van der Waals surface area (Å²) in [4.78, 5) is 22.1. The Bertz CT molecular complexity index is 1380. The number of halogens is 3. The van der Waals surface area contributed by atoms with Crippen molar-refractivity contribution in [1.82, 2.24) is 5.43 Å². The van der Waals surface area contributed by atoms with Gasteiger partial charge in [-0.15, -0.1) is 0 Å². The fourth-order valence-electron chi connectivity index (χ4n) is 2.48. The summed E-state index contributed by atoms with van der Waals surface area (Å²) in [5.41, 5.74) is 2.30. The number of non-ortho nitro benzene ring substituents is 1. The highest BCUT2D eigenvalue weighted by molar-refractivity contribution is 9.10. The molecular formula is C20H12BrCl2N3O6S. The highest BCUT2D eigenvalue weighted by atomic mass is 79.9. The van der Waals surface area contributed by atoms with Crippen molar-refractivity contribution in [3.05, 3.63) is 96.4 Å². The van der Waals surface area contributed by atoms with Gasteiger partial charge in [0.2, 0.25) is 0 Å². The molecule has 3 rings (SSSR count). The third-order valence-electron chi connectivity index (χ3n) is 4.04. The average Bonchev–Trinajstić information content (AvgIpc) is 2.77. The van der Waals surface area contributed by atoms with E-state index >= 15 is 0 Å². The maximum absolute atomic E-state index is 12.6. The van der Waals surface area contributed by atoms with Crippen LogP contribution in [0.25, 0.3) is 0 Å². The van der Waals surface area contributed by atoms with Crippen LogP contribution in [0.4, 0.5) is 5.69 Å². The topological polar surface area (TPSA) is 128 Å². The molecule has 0 fully saturated rings. The highest BCUT2D eigenvalue weighted by Gasteiger charge is 2.21. The van der Waals surface area contributed by atoms with Gasteiger partial charge in [-0.1, -0.05) is 45.2 Å². The Kier molecular flexibility index (Phi) is 7.69. The number of hydrogen-bond acceptors (Lipinski definition) is 7. The SMILES string of the molecule is O=C(N/N=C\c1cc(Br)ccc1OS(=O)(=O)c1cccc([N+](=O)[O-])c1)c1ccc(Cl)c(Cl)c1. The second kappa shape index (κ2) is 10.3. The predicted octanol–water partition coefficient (Wildman–Crippen LogP) is 5.20. The Morgan fingerprint density at radius 2 is 1.85 bits per heavy atom. The monoisotopic (exact) mass is 571 g/mol. The standard InChI is InChI=1S/C20H12BrCl2N3O6S/c21-14-5-7-19(32-33(30,31)16-3-1-2-15(10-16)26(28)29)13(8-14)11-24-25-20(27)12-4-6-17(22)18(23)9-12/h1-11H,(H,25,27)/b24-11-. The Morgan fingerprint density at radius 1 is 1.09 bits per heavy atom. The van der Waals surface area contributed by atoms with Gasteiger partial charge in [0.05, 0.1) is 21.2 Å². The summed E-state index contributed by atoms with van der Waals surface area (Å²) in [6.07, 6.45) is 1.18. The third kappa shape index (κ3) is 6.29. The average molecular weight is 573 g/mol. The number of hydrogen-bond donors (Lipinski definition) is 1. The molecule has 0 saturated heterocycles. The van der Waals surface area contributed by atoms with E-state index in [0.717, 1.165) is 12.1 Å². The largest absolute Gasteiger partial charge is 0.378 e. The first-order valence-electron chi connectivity index (χ1n) is 8.84. The molecule has 3 aromatic rings. The summed E-state index contributed by atoms with van der Waals surface area (Å²) in [5, 5.41) is 15.3. The van der Waals surface area contributed by atoms with Crippen LogP contribution in [0.2, 0.25) is 10.0 Å². The van der Waals surface area contributed by atoms with Crippen LogP contribution in [0.5, 0.6) is 5.75 Å². The molecule has 0 aliphatic rings. The van der Waals surface area contributed by atoms with Crippen LogP contribution in [0.1, 0.15) is 15.9 Å². The molecule has 0 aliphatic heterocycles. The maximum atomic E-state index is 12.6. The van der Waals surface area contributed by atoms with E-state index in [1.54, 1.807) is 0 Å².